The molecule has 1 aliphatic rings. The minimum absolute atomic E-state index is 0.426. The van der Waals surface area contributed by atoms with E-state index in [4.69, 9.17) is 17.3 Å². The van der Waals surface area contributed by atoms with E-state index >= 15 is 0 Å². The number of rotatable bonds is 1. The maximum absolute atomic E-state index is 5.84. The maximum atomic E-state index is 5.84. The van der Waals surface area contributed by atoms with Crippen molar-refractivity contribution in [1.82, 2.24) is 9.97 Å². The molecule has 0 bridgehead atoms. The van der Waals surface area contributed by atoms with Crippen molar-refractivity contribution in [2.24, 2.45) is 0 Å². The zero-order valence-corrected chi connectivity index (χ0v) is 11.3. The van der Waals surface area contributed by atoms with E-state index in [-0.39, 0.29) is 0 Å². The Morgan fingerprint density at radius 3 is 2.58 bits per heavy atom. The van der Waals surface area contributed by atoms with Crippen molar-refractivity contribution < 1.29 is 0 Å². The first-order chi connectivity index (χ1) is 9.22. The number of hydrogen-bond donors (Lipinski definition) is 1. The molecule has 1 aromatic carbocycles. The van der Waals surface area contributed by atoms with E-state index in [2.05, 4.69) is 27.0 Å². The second kappa shape index (κ2) is 5.05. The zero-order valence-electron chi connectivity index (χ0n) is 10.5. The van der Waals surface area contributed by atoms with Crippen LogP contribution in [0.4, 0.5) is 11.5 Å². The number of nitrogens with zero attached hydrogens (tertiary/aromatic N) is 3. The summed E-state index contributed by atoms with van der Waals surface area (Å²) in [5.41, 5.74) is 9.39. The Labute approximate surface area is 117 Å². The summed E-state index contributed by atoms with van der Waals surface area (Å²) in [6, 6.07) is 6.17. The van der Waals surface area contributed by atoms with Crippen molar-refractivity contribution in [2.45, 2.75) is 12.8 Å². The summed E-state index contributed by atoms with van der Waals surface area (Å²) >= 11 is 5.77. The van der Waals surface area contributed by atoms with E-state index in [1.165, 1.54) is 11.1 Å². The molecule has 0 amide bonds. The molecule has 98 valence electrons. The van der Waals surface area contributed by atoms with E-state index < -0.39 is 0 Å². The van der Waals surface area contributed by atoms with E-state index in [1.54, 1.807) is 12.4 Å². The summed E-state index contributed by atoms with van der Waals surface area (Å²) < 4.78 is 0. The molecule has 19 heavy (non-hydrogen) atoms. The Morgan fingerprint density at radius 1 is 1.05 bits per heavy atom. The molecule has 0 atom stereocenters. The lowest BCUT2D eigenvalue weighted by molar-refractivity contribution is 0.787. The van der Waals surface area contributed by atoms with Crippen LogP contribution >= 0.6 is 11.6 Å². The molecule has 0 unspecified atom stereocenters. The Bertz CT molecular complexity index is 582. The van der Waals surface area contributed by atoms with Crippen LogP contribution < -0.4 is 10.6 Å². The Kier molecular flexibility index (Phi) is 3.25. The quantitative estimate of drug-likeness (QED) is 0.811. The van der Waals surface area contributed by atoms with Gasteiger partial charge in [-0.3, -0.25) is 0 Å². The second-order valence-corrected chi connectivity index (χ2v) is 5.10. The average molecular weight is 275 g/mol. The highest BCUT2D eigenvalue weighted by Crippen LogP contribution is 2.21. The zero-order chi connectivity index (χ0) is 13.2. The molecule has 0 saturated carbocycles. The van der Waals surface area contributed by atoms with Gasteiger partial charge in [-0.2, -0.15) is 0 Å². The summed E-state index contributed by atoms with van der Waals surface area (Å²) in [4.78, 5) is 10.7. The number of halogens is 1. The standard InChI is InChI=1S/C14H15ClN4/c15-13-8-18-14(9-17-13)19-5-3-10-1-2-12(16)7-11(10)4-6-19/h1-2,7-9H,3-6,16H2. The fourth-order valence-electron chi connectivity index (χ4n) is 2.44. The molecule has 0 aliphatic carbocycles. The van der Waals surface area contributed by atoms with Crippen LogP contribution in [0.3, 0.4) is 0 Å². The van der Waals surface area contributed by atoms with Gasteiger partial charge >= 0.3 is 0 Å². The summed E-state index contributed by atoms with van der Waals surface area (Å²) in [5, 5.41) is 0.426. The van der Waals surface area contributed by atoms with Gasteiger partial charge in [-0.25, -0.2) is 9.97 Å². The van der Waals surface area contributed by atoms with E-state index in [1.807, 2.05) is 6.07 Å². The molecular formula is C14H15ClN4. The lowest BCUT2D eigenvalue weighted by Gasteiger charge is -2.20. The van der Waals surface area contributed by atoms with Gasteiger partial charge in [0.2, 0.25) is 0 Å². The molecule has 1 aliphatic heterocycles. The number of aromatic nitrogens is 2. The third-order valence-corrected chi connectivity index (χ3v) is 3.66. The van der Waals surface area contributed by atoms with Gasteiger partial charge in [0.05, 0.1) is 12.4 Å². The Morgan fingerprint density at radius 2 is 1.84 bits per heavy atom. The highest BCUT2D eigenvalue weighted by molar-refractivity contribution is 6.29. The Hall–Kier alpha value is -1.81. The van der Waals surface area contributed by atoms with Gasteiger partial charge in [0, 0.05) is 18.8 Å². The van der Waals surface area contributed by atoms with Gasteiger partial charge in [0.1, 0.15) is 11.0 Å². The second-order valence-electron chi connectivity index (χ2n) is 4.71. The van der Waals surface area contributed by atoms with Gasteiger partial charge in [0.15, 0.2) is 0 Å². The minimum Gasteiger partial charge on any atom is -0.399 e. The number of fused-ring (bicyclic) bond motifs is 1. The SMILES string of the molecule is Nc1ccc2c(c1)CCN(c1cnc(Cl)cn1)CC2. The van der Waals surface area contributed by atoms with E-state index in [9.17, 15) is 0 Å². The topological polar surface area (TPSA) is 55.0 Å². The average Bonchev–Trinajstić information content (AvgIpc) is 2.62. The summed E-state index contributed by atoms with van der Waals surface area (Å²) in [5.74, 6) is 0.880. The van der Waals surface area contributed by atoms with Crippen LogP contribution in [0, 0.1) is 0 Å². The van der Waals surface area contributed by atoms with Crippen LogP contribution in [0.1, 0.15) is 11.1 Å². The van der Waals surface area contributed by atoms with Gasteiger partial charge < -0.3 is 10.6 Å². The van der Waals surface area contributed by atoms with Crippen LogP contribution in [0.15, 0.2) is 30.6 Å². The lowest BCUT2D eigenvalue weighted by Crippen LogP contribution is -2.26. The van der Waals surface area contributed by atoms with Crippen molar-refractivity contribution in [3.05, 3.63) is 46.9 Å². The molecule has 3 rings (SSSR count). The van der Waals surface area contributed by atoms with Crippen LogP contribution in [0.25, 0.3) is 0 Å². The molecule has 2 heterocycles. The number of benzene rings is 1. The monoisotopic (exact) mass is 274 g/mol. The van der Waals surface area contributed by atoms with Crippen molar-refractivity contribution >= 4 is 23.1 Å². The largest absolute Gasteiger partial charge is 0.399 e. The van der Waals surface area contributed by atoms with E-state index in [0.29, 0.717) is 5.15 Å². The first-order valence-corrected chi connectivity index (χ1v) is 6.70. The van der Waals surface area contributed by atoms with Gasteiger partial charge in [0.25, 0.3) is 0 Å². The molecule has 0 saturated heterocycles. The van der Waals surface area contributed by atoms with Crippen LogP contribution in [-0.4, -0.2) is 23.1 Å². The van der Waals surface area contributed by atoms with Crippen molar-refractivity contribution in [3.8, 4) is 0 Å². The molecule has 0 spiro atoms. The lowest BCUT2D eigenvalue weighted by atomic mass is 10.0. The molecule has 2 aromatic rings. The smallest absolute Gasteiger partial charge is 0.147 e. The number of nitrogen functional groups attached to an aromatic ring is 1. The molecule has 0 fully saturated rings. The van der Waals surface area contributed by atoms with Crippen LogP contribution in [0.5, 0.6) is 0 Å². The summed E-state index contributed by atoms with van der Waals surface area (Å²) in [6.07, 6.45) is 5.30. The molecule has 4 nitrogen and oxygen atoms in total. The predicted octanol–water partition coefficient (Wildman–Crippen LogP) is 2.32. The summed E-state index contributed by atoms with van der Waals surface area (Å²) in [6.45, 7) is 1.86. The molecule has 0 radical (unpaired) electrons. The van der Waals surface area contributed by atoms with Crippen molar-refractivity contribution in [1.29, 1.82) is 0 Å². The first-order valence-electron chi connectivity index (χ1n) is 6.32. The minimum atomic E-state index is 0.426. The normalized spacial score (nSPS) is 14.9. The first kappa shape index (κ1) is 12.2. The van der Waals surface area contributed by atoms with Crippen molar-refractivity contribution in [2.75, 3.05) is 23.7 Å². The fourth-order valence-corrected chi connectivity index (χ4v) is 2.54. The molecular weight excluding hydrogens is 260 g/mol. The predicted molar refractivity (Wildman–Crippen MR) is 77.5 cm³/mol. The van der Waals surface area contributed by atoms with Gasteiger partial charge in [-0.15, -0.1) is 0 Å². The van der Waals surface area contributed by atoms with Gasteiger partial charge in [-0.1, -0.05) is 17.7 Å². The highest BCUT2D eigenvalue weighted by atomic mass is 35.5. The summed E-state index contributed by atoms with van der Waals surface area (Å²) in [7, 11) is 0. The molecule has 5 heteroatoms. The van der Waals surface area contributed by atoms with E-state index in [0.717, 1.165) is 37.4 Å². The maximum Gasteiger partial charge on any atom is 0.147 e. The highest BCUT2D eigenvalue weighted by Gasteiger charge is 2.15. The number of hydrogen-bond acceptors (Lipinski definition) is 4. The van der Waals surface area contributed by atoms with Gasteiger partial charge in [-0.05, 0) is 36.1 Å². The van der Waals surface area contributed by atoms with Crippen LogP contribution in [0.2, 0.25) is 5.15 Å². The Balaban J connectivity index is 1.81. The third-order valence-electron chi connectivity index (χ3n) is 3.46. The van der Waals surface area contributed by atoms with Crippen molar-refractivity contribution in [3.63, 3.8) is 0 Å². The third kappa shape index (κ3) is 2.63. The molecule has 2 N–H and O–H groups in total. The van der Waals surface area contributed by atoms with Crippen LogP contribution in [-0.2, 0) is 12.8 Å². The fraction of sp³-hybridized carbons (Fsp3) is 0.286. The molecule has 1 aromatic heterocycles. The number of nitrogens with two attached hydrogens (primary N) is 1. The number of anilines is 2.